The van der Waals surface area contributed by atoms with Crippen molar-refractivity contribution in [1.82, 2.24) is 20.0 Å². The van der Waals surface area contributed by atoms with Crippen molar-refractivity contribution in [1.29, 1.82) is 0 Å². The van der Waals surface area contributed by atoms with E-state index in [1.54, 1.807) is 23.9 Å². The van der Waals surface area contributed by atoms with Gasteiger partial charge in [0.25, 0.3) is 0 Å². The Morgan fingerprint density at radius 3 is 3.04 bits per heavy atom. The van der Waals surface area contributed by atoms with Crippen molar-refractivity contribution in [2.45, 2.75) is 12.5 Å². The predicted molar refractivity (Wildman–Crippen MR) is 109 cm³/mol. The molecule has 1 atom stereocenters. The van der Waals surface area contributed by atoms with E-state index in [1.165, 1.54) is 6.07 Å². The zero-order valence-corrected chi connectivity index (χ0v) is 16.8. The number of morpholine rings is 1. The van der Waals surface area contributed by atoms with Crippen molar-refractivity contribution in [2.75, 3.05) is 51.8 Å². The summed E-state index contributed by atoms with van der Waals surface area (Å²) in [5, 5.41) is 7.67. The summed E-state index contributed by atoms with van der Waals surface area (Å²) in [6.07, 6.45) is 4.77. The Kier molecular flexibility index (Phi) is 6.86. The molecule has 1 unspecified atom stereocenters. The Bertz CT molecular complexity index is 793. The first kappa shape index (κ1) is 20.1. The highest BCUT2D eigenvalue weighted by molar-refractivity contribution is 5.80. The number of benzene rings is 1. The number of ether oxygens (including phenoxy) is 1. The lowest BCUT2D eigenvalue weighted by molar-refractivity contribution is -0.00801. The van der Waals surface area contributed by atoms with Crippen LogP contribution in [0.2, 0.25) is 0 Å². The Balaban J connectivity index is 1.46. The van der Waals surface area contributed by atoms with Gasteiger partial charge in [-0.1, -0.05) is 6.07 Å². The first-order valence-corrected chi connectivity index (χ1v) is 9.59. The predicted octanol–water partition coefficient (Wildman–Crippen LogP) is 2.03. The van der Waals surface area contributed by atoms with E-state index in [1.807, 2.05) is 32.6 Å². The molecule has 1 saturated heterocycles. The Morgan fingerprint density at radius 1 is 1.46 bits per heavy atom. The zero-order chi connectivity index (χ0) is 19.9. The van der Waals surface area contributed by atoms with Crippen LogP contribution in [0.3, 0.4) is 0 Å². The van der Waals surface area contributed by atoms with Crippen molar-refractivity contribution in [2.24, 2.45) is 12.0 Å². The summed E-state index contributed by atoms with van der Waals surface area (Å²) in [6, 6.07) is 6.67. The molecule has 1 aliphatic heterocycles. The average Bonchev–Trinajstić information content (AvgIpc) is 3.14. The van der Waals surface area contributed by atoms with Crippen molar-refractivity contribution >= 4 is 11.6 Å². The number of guanidine groups is 1. The van der Waals surface area contributed by atoms with Gasteiger partial charge >= 0.3 is 0 Å². The van der Waals surface area contributed by atoms with Gasteiger partial charge in [-0.25, -0.2) is 4.39 Å². The molecule has 0 saturated carbocycles. The average molecular weight is 388 g/mol. The number of rotatable bonds is 6. The van der Waals surface area contributed by atoms with Gasteiger partial charge < -0.3 is 19.9 Å². The van der Waals surface area contributed by atoms with Crippen LogP contribution in [0.4, 0.5) is 10.1 Å². The van der Waals surface area contributed by atoms with E-state index >= 15 is 0 Å². The normalized spacial score (nSPS) is 17.6. The molecular formula is C20H29FN6O. The largest absolute Gasteiger partial charge is 0.374 e. The lowest BCUT2D eigenvalue weighted by Gasteiger charge is -2.34. The summed E-state index contributed by atoms with van der Waals surface area (Å²) in [4.78, 5) is 8.70. The summed E-state index contributed by atoms with van der Waals surface area (Å²) in [5.41, 5.74) is 1.97. The number of nitrogens with one attached hydrogen (secondary N) is 1. The number of aliphatic imine (C=N–C) groups is 1. The maximum absolute atomic E-state index is 13.4. The molecule has 2 aromatic rings. The summed E-state index contributed by atoms with van der Waals surface area (Å²) in [5.74, 6) is 0.670. The van der Waals surface area contributed by atoms with Gasteiger partial charge in [0.05, 0.1) is 19.3 Å². The second-order valence-electron chi connectivity index (χ2n) is 6.98. The molecule has 8 heteroatoms. The van der Waals surface area contributed by atoms with Crippen LogP contribution in [0.5, 0.6) is 0 Å². The van der Waals surface area contributed by atoms with E-state index in [2.05, 4.69) is 25.2 Å². The van der Waals surface area contributed by atoms with Crippen molar-refractivity contribution in [3.8, 4) is 0 Å². The number of aryl methyl sites for hydroxylation is 1. The van der Waals surface area contributed by atoms with Crippen LogP contribution < -0.4 is 10.2 Å². The highest BCUT2D eigenvalue weighted by atomic mass is 19.1. The Labute approximate surface area is 165 Å². The van der Waals surface area contributed by atoms with E-state index in [4.69, 9.17) is 4.74 Å². The van der Waals surface area contributed by atoms with Crippen molar-refractivity contribution in [3.63, 3.8) is 0 Å². The van der Waals surface area contributed by atoms with E-state index in [0.29, 0.717) is 6.61 Å². The van der Waals surface area contributed by atoms with Crippen LogP contribution in [0.15, 0.2) is 41.7 Å². The molecule has 0 aliphatic carbocycles. The topological polar surface area (TPSA) is 57.9 Å². The van der Waals surface area contributed by atoms with Crippen LogP contribution in [-0.2, 0) is 11.8 Å². The zero-order valence-electron chi connectivity index (χ0n) is 16.8. The fraction of sp³-hybridized carbons (Fsp3) is 0.500. The number of aromatic nitrogens is 2. The minimum absolute atomic E-state index is 0.000102. The molecule has 1 aromatic carbocycles. The fourth-order valence-electron chi connectivity index (χ4n) is 3.34. The maximum atomic E-state index is 13.4. The van der Waals surface area contributed by atoms with E-state index < -0.39 is 0 Å². The molecule has 1 N–H and O–H groups in total. The second-order valence-corrected chi connectivity index (χ2v) is 6.98. The standard InChI is InChI=1S/C20H29FN6O/c1-22-20(23-8-5-9-25(2)18-7-4-6-17(21)12-18)27-10-11-28-19(15-27)16-13-24-26(3)14-16/h4,6-7,12-14,19H,5,8-11,15H2,1-3H3,(H,22,23). The molecule has 3 rings (SSSR count). The third-order valence-corrected chi connectivity index (χ3v) is 4.88. The highest BCUT2D eigenvalue weighted by Gasteiger charge is 2.25. The number of nitrogens with zero attached hydrogens (tertiary/aromatic N) is 5. The van der Waals surface area contributed by atoms with Crippen LogP contribution in [0.1, 0.15) is 18.1 Å². The van der Waals surface area contributed by atoms with E-state index in [9.17, 15) is 4.39 Å². The monoisotopic (exact) mass is 388 g/mol. The Hall–Kier alpha value is -2.61. The van der Waals surface area contributed by atoms with Gasteiger partial charge in [-0.3, -0.25) is 9.67 Å². The second kappa shape index (κ2) is 9.54. The van der Waals surface area contributed by atoms with Crippen molar-refractivity contribution in [3.05, 3.63) is 48.0 Å². The molecule has 28 heavy (non-hydrogen) atoms. The number of anilines is 1. The molecule has 0 amide bonds. The van der Waals surface area contributed by atoms with Gasteiger partial charge in [-0.15, -0.1) is 0 Å². The third-order valence-electron chi connectivity index (χ3n) is 4.88. The lowest BCUT2D eigenvalue weighted by atomic mass is 10.1. The summed E-state index contributed by atoms with van der Waals surface area (Å²) in [7, 11) is 5.69. The smallest absolute Gasteiger partial charge is 0.193 e. The van der Waals surface area contributed by atoms with Gasteiger partial charge in [-0.05, 0) is 24.6 Å². The minimum Gasteiger partial charge on any atom is -0.374 e. The van der Waals surface area contributed by atoms with Crippen LogP contribution in [0.25, 0.3) is 0 Å². The van der Waals surface area contributed by atoms with Crippen LogP contribution in [-0.4, -0.2) is 67.5 Å². The SMILES string of the molecule is CN=C(NCCCN(C)c1cccc(F)c1)N1CCOC(c2cnn(C)c2)C1. The number of hydrogen-bond acceptors (Lipinski definition) is 4. The van der Waals surface area contributed by atoms with Crippen LogP contribution >= 0.6 is 0 Å². The van der Waals surface area contributed by atoms with Gasteiger partial charge in [0.1, 0.15) is 11.9 Å². The summed E-state index contributed by atoms with van der Waals surface area (Å²) < 4.78 is 21.0. The molecule has 0 radical (unpaired) electrons. The van der Waals surface area contributed by atoms with Crippen molar-refractivity contribution < 1.29 is 9.13 Å². The molecule has 152 valence electrons. The highest BCUT2D eigenvalue weighted by Crippen LogP contribution is 2.21. The van der Waals surface area contributed by atoms with Gasteiger partial charge in [0.15, 0.2) is 5.96 Å². The lowest BCUT2D eigenvalue weighted by Crippen LogP contribution is -2.48. The summed E-state index contributed by atoms with van der Waals surface area (Å²) in [6.45, 7) is 3.83. The number of halogens is 1. The van der Waals surface area contributed by atoms with E-state index in [0.717, 1.165) is 49.8 Å². The molecule has 0 bridgehead atoms. The van der Waals surface area contributed by atoms with Gasteiger partial charge in [-0.2, -0.15) is 5.10 Å². The Morgan fingerprint density at radius 2 is 2.32 bits per heavy atom. The van der Waals surface area contributed by atoms with Crippen LogP contribution in [0, 0.1) is 5.82 Å². The first-order valence-electron chi connectivity index (χ1n) is 9.59. The molecule has 1 aromatic heterocycles. The quantitative estimate of drug-likeness (QED) is 0.466. The maximum Gasteiger partial charge on any atom is 0.193 e. The first-order chi connectivity index (χ1) is 13.6. The molecule has 1 aliphatic rings. The molecular weight excluding hydrogens is 359 g/mol. The fourth-order valence-corrected chi connectivity index (χ4v) is 3.34. The minimum atomic E-state index is -0.210. The molecule has 0 spiro atoms. The third kappa shape index (κ3) is 5.22. The molecule has 7 nitrogen and oxygen atoms in total. The number of hydrogen-bond donors (Lipinski definition) is 1. The molecule has 2 heterocycles. The summed E-state index contributed by atoms with van der Waals surface area (Å²) >= 11 is 0. The van der Waals surface area contributed by atoms with Gasteiger partial charge in [0.2, 0.25) is 0 Å². The van der Waals surface area contributed by atoms with Gasteiger partial charge in [0, 0.05) is 58.2 Å². The molecule has 1 fully saturated rings. The van der Waals surface area contributed by atoms with E-state index in [-0.39, 0.29) is 11.9 Å².